The number of amides is 3. The molecule has 45 heavy (non-hydrogen) atoms. The van der Waals surface area contributed by atoms with Crippen molar-refractivity contribution < 1.29 is 19.5 Å². The van der Waals surface area contributed by atoms with Crippen LogP contribution in [0.3, 0.4) is 0 Å². The highest BCUT2D eigenvalue weighted by atomic mass is 32.1. The van der Waals surface area contributed by atoms with Crippen molar-refractivity contribution in [3.05, 3.63) is 106 Å². The number of carbonyl (C=O) groups is 3. The van der Waals surface area contributed by atoms with Crippen LogP contribution in [0.25, 0.3) is 0 Å². The van der Waals surface area contributed by atoms with Crippen LogP contribution in [0, 0.1) is 13.8 Å². The van der Waals surface area contributed by atoms with Crippen molar-refractivity contribution in [3.63, 3.8) is 0 Å². The van der Waals surface area contributed by atoms with Crippen LogP contribution in [0.4, 0.5) is 11.4 Å². The fourth-order valence-corrected chi connectivity index (χ4v) is 6.58. The molecule has 5 rings (SSSR count). The number of nitrogens with one attached hydrogen (secondary N) is 2. The van der Waals surface area contributed by atoms with E-state index in [4.69, 9.17) is 5.73 Å². The number of aryl methyl sites for hydroxylation is 2. The highest BCUT2D eigenvalue weighted by molar-refractivity contribution is 7.09. The second-order valence-corrected chi connectivity index (χ2v) is 12.4. The first-order valence-electron chi connectivity index (χ1n) is 15.3. The number of phenols is 1. The molecule has 0 aliphatic heterocycles. The molecule has 1 saturated carbocycles. The summed E-state index contributed by atoms with van der Waals surface area (Å²) >= 11 is 0.849. The minimum Gasteiger partial charge on any atom is -0.508 e. The molecule has 1 fully saturated rings. The maximum atomic E-state index is 14.6. The first-order chi connectivity index (χ1) is 21.7. The maximum absolute atomic E-state index is 14.6. The van der Waals surface area contributed by atoms with Gasteiger partial charge in [-0.15, -0.1) is 0 Å². The molecule has 1 aliphatic rings. The molecule has 3 amide bonds. The molecule has 1 aromatic heterocycles. The predicted molar refractivity (Wildman–Crippen MR) is 178 cm³/mol. The summed E-state index contributed by atoms with van der Waals surface area (Å²) in [6, 6.07) is 20.6. The predicted octanol–water partition coefficient (Wildman–Crippen LogP) is 5.86. The number of nitrogen functional groups attached to an aromatic ring is 1. The number of nitrogens with two attached hydrogens (primary N) is 1. The average Bonchev–Trinajstić information content (AvgIpc) is 3.42. The van der Waals surface area contributed by atoms with Crippen LogP contribution in [-0.2, 0) is 11.2 Å². The summed E-state index contributed by atoms with van der Waals surface area (Å²) in [7, 11) is 0. The van der Waals surface area contributed by atoms with Crippen molar-refractivity contribution in [1.82, 2.24) is 15.0 Å². The Labute approximate surface area is 267 Å². The largest absolute Gasteiger partial charge is 0.508 e. The number of aromatic nitrogens is 1. The summed E-state index contributed by atoms with van der Waals surface area (Å²) in [5.41, 5.74) is 10.3. The Kier molecular flexibility index (Phi) is 10.1. The van der Waals surface area contributed by atoms with Crippen molar-refractivity contribution >= 4 is 40.6 Å². The second-order valence-electron chi connectivity index (χ2n) is 11.6. The summed E-state index contributed by atoms with van der Waals surface area (Å²) in [5.74, 6) is -1.32. The van der Waals surface area contributed by atoms with Crippen LogP contribution < -0.4 is 21.3 Å². The van der Waals surface area contributed by atoms with E-state index in [2.05, 4.69) is 15.0 Å². The van der Waals surface area contributed by atoms with E-state index < -0.39 is 23.8 Å². The van der Waals surface area contributed by atoms with E-state index in [1.807, 2.05) is 62.4 Å². The standard InChI is InChI=1S/C35H39N5O4S/c1-22-19-23(2)21-27(20-22)40(35(44)32-29(36)30(39-45-32)33(42)38-26-11-7-4-8-12-26)31(25-13-15-28(41)16-14-25)34(43)37-18-17-24-9-5-3-6-10-24/h3,5-6,9-10,13-16,19-21,26,31,41H,4,7-8,11-12,17-18,36H2,1-2H3,(H,37,43)(H,38,42)/t31-/m1/s1. The molecule has 5 N–H and O–H groups in total. The van der Waals surface area contributed by atoms with Gasteiger partial charge in [0.1, 0.15) is 16.7 Å². The van der Waals surface area contributed by atoms with Crippen molar-refractivity contribution in [2.45, 2.75) is 64.5 Å². The van der Waals surface area contributed by atoms with E-state index in [0.717, 1.165) is 60.3 Å². The second kappa shape index (κ2) is 14.4. The third-order valence-corrected chi connectivity index (χ3v) is 8.90. The van der Waals surface area contributed by atoms with Crippen molar-refractivity contribution in [2.75, 3.05) is 17.2 Å². The van der Waals surface area contributed by atoms with E-state index in [-0.39, 0.29) is 28.0 Å². The molecular weight excluding hydrogens is 586 g/mol. The number of nitrogens with zero attached hydrogens (tertiary/aromatic N) is 2. The number of anilines is 2. The molecule has 0 spiro atoms. The van der Waals surface area contributed by atoms with Gasteiger partial charge in [0.2, 0.25) is 5.91 Å². The SMILES string of the molecule is Cc1cc(C)cc(N(C(=O)c2snc(C(=O)NC3CCCCC3)c2N)[C@@H](C(=O)NCCc2ccccc2)c2ccc(O)cc2)c1. The topological polar surface area (TPSA) is 138 Å². The molecule has 0 unspecified atom stereocenters. The zero-order valence-electron chi connectivity index (χ0n) is 25.6. The number of aromatic hydroxyl groups is 1. The van der Waals surface area contributed by atoms with Gasteiger partial charge in [-0.2, -0.15) is 4.37 Å². The number of hydrogen-bond donors (Lipinski definition) is 4. The molecule has 0 radical (unpaired) electrons. The maximum Gasteiger partial charge on any atom is 0.273 e. The van der Waals surface area contributed by atoms with Gasteiger partial charge in [0, 0.05) is 18.3 Å². The van der Waals surface area contributed by atoms with Gasteiger partial charge in [-0.1, -0.05) is 67.8 Å². The van der Waals surface area contributed by atoms with E-state index in [1.165, 1.54) is 17.0 Å². The Morgan fingerprint density at radius 1 is 0.978 bits per heavy atom. The quantitative estimate of drug-likeness (QED) is 0.174. The van der Waals surface area contributed by atoms with Gasteiger partial charge < -0.3 is 21.5 Å². The summed E-state index contributed by atoms with van der Waals surface area (Å²) in [5, 5.41) is 16.1. The molecule has 0 bridgehead atoms. The zero-order chi connectivity index (χ0) is 31.9. The Balaban J connectivity index is 1.51. The Hall–Kier alpha value is -4.70. The van der Waals surface area contributed by atoms with Gasteiger partial charge in [-0.05, 0) is 91.2 Å². The van der Waals surface area contributed by atoms with Crippen molar-refractivity contribution in [2.24, 2.45) is 0 Å². The monoisotopic (exact) mass is 625 g/mol. The summed E-state index contributed by atoms with van der Waals surface area (Å²) in [6.07, 6.45) is 5.66. The Bertz CT molecular complexity index is 1630. The summed E-state index contributed by atoms with van der Waals surface area (Å²) < 4.78 is 4.31. The first-order valence-corrected chi connectivity index (χ1v) is 16.1. The van der Waals surface area contributed by atoms with Gasteiger partial charge in [0.25, 0.3) is 11.8 Å². The van der Waals surface area contributed by atoms with E-state index >= 15 is 0 Å². The number of hydrogen-bond acceptors (Lipinski definition) is 7. The summed E-state index contributed by atoms with van der Waals surface area (Å²) in [6.45, 7) is 4.19. The molecule has 234 valence electrons. The molecule has 1 aliphatic carbocycles. The normalized spacial score (nSPS) is 14.0. The lowest BCUT2D eigenvalue weighted by atomic mass is 9.95. The van der Waals surface area contributed by atoms with Crippen LogP contribution in [0.5, 0.6) is 5.75 Å². The van der Waals surface area contributed by atoms with Crippen molar-refractivity contribution in [3.8, 4) is 5.75 Å². The third-order valence-electron chi connectivity index (χ3n) is 8.05. The minimum atomic E-state index is -1.11. The van der Waals surface area contributed by atoms with E-state index in [9.17, 15) is 19.5 Å². The van der Waals surface area contributed by atoms with Gasteiger partial charge in [0.05, 0.1) is 5.69 Å². The van der Waals surface area contributed by atoms with Crippen LogP contribution in [0.15, 0.2) is 72.8 Å². The molecule has 1 atom stereocenters. The van der Waals surface area contributed by atoms with Crippen LogP contribution >= 0.6 is 11.5 Å². The number of rotatable bonds is 10. The number of phenolic OH excluding ortho intramolecular Hbond substituents is 1. The number of benzene rings is 3. The van der Waals surface area contributed by atoms with Gasteiger partial charge in [0.15, 0.2) is 5.69 Å². The van der Waals surface area contributed by atoms with Crippen molar-refractivity contribution in [1.29, 1.82) is 0 Å². The zero-order valence-corrected chi connectivity index (χ0v) is 26.4. The first kappa shape index (κ1) is 31.7. The molecule has 3 aromatic carbocycles. The molecule has 4 aromatic rings. The molecule has 1 heterocycles. The van der Waals surface area contributed by atoms with Gasteiger partial charge >= 0.3 is 0 Å². The Morgan fingerprint density at radius 2 is 1.64 bits per heavy atom. The average molecular weight is 626 g/mol. The smallest absolute Gasteiger partial charge is 0.273 e. The lowest BCUT2D eigenvalue weighted by Gasteiger charge is -2.32. The van der Waals surface area contributed by atoms with Gasteiger partial charge in [-0.25, -0.2) is 0 Å². The molecule has 10 heteroatoms. The van der Waals surface area contributed by atoms with Crippen LogP contribution in [-0.4, -0.2) is 39.8 Å². The fourth-order valence-electron chi connectivity index (χ4n) is 5.84. The Morgan fingerprint density at radius 3 is 2.31 bits per heavy atom. The third kappa shape index (κ3) is 7.69. The minimum absolute atomic E-state index is 0.0124. The summed E-state index contributed by atoms with van der Waals surface area (Å²) in [4.78, 5) is 43.3. The highest BCUT2D eigenvalue weighted by Crippen LogP contribution is 2.35. The van der Waals surface area contributed by atoms with E-state index in [1.54, 1.807) is 12.1 Å². The van der Waals surface area contributed by atoms with Crippen LogP contribution in [0.1, 0.15) is 80.6 Å². The van der Waals surface area contributed by atoms with E-state index in [0.29, 0.717) is 24.2 Å². The highest BCUT2D eigenvalue weighted by Gasteiger charge is 2.36. The molecule has 0 saturated heterocycles. The van der Waals surface area contributed by atoms with Gasteiger partial charge in [-0.3, -0.25) is 19.3 Å². The number of carbonyl (C=O) groups excluding carboxylic acids is 3. The molecular formula is C35H39N5O4S. The van der Waals surface area contributed by atoms with Crippen LogP contribution in [0.2, 0.25) is 0 Å². The molecule has 9 nitrogen and oxygen atoms in total. The lowest BCUT2D eigenvalue weighted by Crippen LogP contribution is -2.44. The fraction of sp³-hybridized carbons (Fsp3) is 0.314. The lowest BCUT2D eigenvalue weighted by molar-refractivity contribution is -0.122.